The number of carbonyl (C=O) groups is 1. The number of aryl methyl sites for hydroxylation is 1. The van der Waals surface area contributed by atoms with Crippen molar-refractivity contribution in [3.05, 3.63) is 72.6 Å². The Morgan fingerprint density at radius 3 is 2.34 bits per heavy atom. The Hall–Kier alpha value is -4.57. The van der Waals surface area contributed by atoms with E-state index in [2.05, 4.69) is 27.5 Å². The summed E-state index contributed by atoms with van der Waals surface area (Å²) in [5.74, 6) is 0.368. The number of nitriles is 1. The summed E-state index contributed by atoms with van der Waals surface area (Å²) < 4.78 is 1.85. The zero-order chi connectivity index (χ0) is 24.7. The number of carbonyl (C=O) groups excluding carboxylic acids is 1. The average molecular weight is 461 g/mol. The van der Waals surface area contributed by atoms with Crippen LogP contribution in [0.1, 0.15) is 26.3 Å². The highest BCUT2D eigenvalue weighted by molar-refractivity contribution is 6.10. The summed E-state index contributed by atoms with van der Waals surface area (Å²) in [6.07, 6.45) is 3.62. The first-order valence-corrected chi connectivity index (χ1v) is 11.3. The molecule has 0 bridgehead atoms. The van der Waals surface area contributed by atoms with Gasteiger partial charge in [0.25, 0.3) is 0 Å². The fourth-order valence-corrected chi connectivity index (χ4v) is 4.25. The third kappa shape index (κ3) is 4.00. The quantitative estimate of drug-likeness (QED) is 0.376. The molecule has 0 spiro atoms. The molecular formula is C28H24N6O. The van der Waals surface area contributed by atoms with Gasteiger partial charge in [-0.05, 0) is 49.2 Å². The van der Waals surface area contributed by atoms with Crippen LogP contribution in [0.3, 0.4) is 0 Å². The fourth-order valence-electron chi connectivity index (χ4n) is 4.25. The van der Waals surface area contributed by atoms with Crippen LogP contribution in [0.4, 0.5) is 5.82 Å². The van der Waals surface area contributed by atoms with Gasteiger partial charge in [-0.3, -0.25) is 9.48 Å². The van der Waals surface area contributed by atoms with E-state index in [1.165, 1.54) is 6.92 Å². The topological polar surface area (TPSA) is 96.5 Å². The average Bonchev–Trinajstić information content (AvgIpc) is 3.25. The predicted molar refractivity (Wildman–Crippen MR) is 138 cm³/mol. The van der Waals surface area contributed by atoms with E-state index >= 15 is 0 Å². The number of aromatic nitrogens is 4. The van der Waals surface area contributed by atoms with Crippen LogP contribution < -0.4 is 5.32 Å². The fraction of sp³-hybridized carbons (Fsp3) is 0.179. The summed E-state index contributed by atoms with van der Waals surface area (Å²) in [5, 5.41) is 18.7. The third-order valence-electron chi connectivity index (χ3n) is 6.24. The number of fused-ring (bicyclic) bond motifs is 3. The molecule has 0 fully saturated rings. The predicted octanol–water partition coefficient (Wildman–Crippen LogP) is 5.61. The number of nitrogens with one attached hydrogen (secondary N) is 1. The van der Waals surface area contributed by atoms with Gasteiger partial charge in [-0.1, -0.05) is 30.3 Å². The number of benzene rings is 2. The molecule has 0 saturated heterocycles. The highest BCUT2D eigenvalue weighted by atomic mass is 16.1. The van der Waals surface area contributed by atoms with E-state index in [1.807, 2.05) is 74.2 Å². The molecule has 1 N–H and O–H groups in total. The van der Waals surface area contributed by atoms with Gasteiger partial charge in [0.05, 0.1) is 34.4 Å². The van der Waals surface area contributed by atoms with Crippen molar-refractivity contribution in [3.63, 3.8) is 0 Å². The second-order valence-electron chi connectivity index (χ2n) is 9.15. The first-order valence-electron chi connectivity index (χ1n) is 11.3. The number of rotatable bonds is 4. The first-order chi connectivity index (χ1) is 16.8. The van der Waals surface area contributed by atoms with Crippen LogP contribution in [-0.2, 0) is 17.3 Å². The monoisotopic (exact) mass is 460 g/mol. The SMILES string of the molecule is CC(=O)Nc1ccc(-c2ccc3nc(-c4ccc(C(C)(C)C#N)cc4)c4c(cnn4C)c3c2)cn1. The van der Waals surface area contributed by atoms with Gasteiger partial charge in [-0.25, -0.2) is 9.97 Å². The zero-order valence-electron chi connectivity index (χ0n) is 20.0. The lowest BCUT2D eigenvalue weighted by Crippen LogP contribution is -2.13. The number of amides is 1. The lowest BCUT2D eigenvalue weighted by atomic mass is 9.86. The summed E-state index contributed by atoms with van der Waals surface area (Å²) in [5.41, 5.74) is 5.99. The van der Waals surface area contributed by atoms with Crippen molar-refractivity contribution in [2.24, 2.45) is 7.05 Å². The molecule has 172 valence electrons. The van der Waals surface area contributed by atoms with Gasteiger partial charge in [-0.15, -0.1) is 0 Å². The van der Waals surface area contributed by atoms with Crippen molar-refractivity contribution in [1.82, 2.24) is 19.7 Å². The Kier molecular flexibility index (Phi) is 5.29. The lowest BCUT2D eigenvalue weighted by Gasteiger charge is -2.16. The standard InChI is InChI=1S/C28H24N6O/c1-17(35)32-25-12-8-20(14-30-25)19-7-11-24-22(13-19)23-15-31-34(4)27(23)26(33-24)18-5-9-21(10-6-18)28(2,3)16-29/h5-15H,1-4H3,(H,30,32,35). The van der Waals surface area contributed by atoms with E-state index in [4.69, 9.17) is 4.98 Å². The van der Waals surface area contributed by atoms with E-state index in [-0.39, 0.29) is 5.91 Å². The van der Waals surface area contributed by atoms with Crippen molar-refractivity contribution in [2.45, 2.75) is 26.2 Å². The van der Waals surface area contributed by atoms with Crippen molar-refractivity contribution in [3.8, 4) is 28.5 Å². The minimum absolute atomic E-state index is 0.153. The first kappa shape index (κ1) is 22.2. The van der Waals surface area contributed by atoms with E-state index < -0.39 is 5.41 Å². The molecule has 0 aliphatic rings. The molecule has 5 rings (SSSR count). The maximum absolute atomic E-state index is 11.3. The molecule has 0 saturated carbocycles. The van der Waals surface area contributed by atoms with Crippen LogP contribution in [0.5, 0.6) is 0 Å². The normalized spacial score (nSPS) is 11.5. The summed E-state index contributed by atoms with van der Waals surface area (Å²) in [6, 6.07) is 20.2. The van der Waals surface area contributed by atoms with Crippen LogP contribution in [0.2, 0.25) is 0 Å². The molecule has 0 radical (unpaired) electrons. The molecule has 5 aromatic rings. The molecule has 3 aromatic heterocycles. The number of pyridine rings is 2. The highest BCUT2D eigenvalue weighted by Crippen LogP contribution is 2.35. The molecule has 0 aliphatic heterocycles. The molecule has 0 atom stereocenters. The minimum Gasteiger partial charge on any atom is -0.311 e. The summed E-state index contributed by atoms with van der Waals surface area (Å²) in [7, 11) is 1.92. The summed E-state index contributed by atoms with van der Waals surface area (Å²) >= 11 is 0. The largest absolute Gasteiger partial charge is 0.311 e. The van der Waals surface area contributed by atoms with Gasteiger partial charge < -0.3 is 5.32 Å². The van der Waals surface area contributed by atoms with E-state index in [9.17, 15) is 10.1 Å². The van der Waals surface area contributed by atoms with Crippen LogP contribution in [0.15, 0.2) is 67.0 Å². The molecule has 1 amide bonds. The number of anilines is 1. The molecule has 2 aromatic carbocycles. The van der Waals surface area contributed by atoms with Gasteiger partial charge in [-0.2, -0.15) is 10.4 Å². The number of hydrogen-bond donors (Lipinski definition) is 1. The molecule has 3 heterocycles. The number of hydrogen-bond acceptors (Lipinski definition) is 5. The van der Waals surface area contributed by atoms with Crippen LogP contribution in [0, 0.1) is 11.3 Å². The second kappa shape index (κ2) is 8.33. The van der Waals surface area contributed by atoms with Gasteiger partial charge in [0.15, 0.2) is 0 Å². The van der Waals surface area contributed by atoms with Gasteiger partial charge in [0.1, 0.15) is 5.82 Å². The second-order valence-corrected chi connectivity index (χ2v) is 9.15. The Morgan fingerprint density at radius 2 is 1.69 bits per heavy atom. The maximum atomic E-state index is 11.3. The molecule has 35 heavy (non-hydrogen) atoms. The smallest absolute Gasteiger partial charge is 0.222 e. The van der Waals surface area contributed by atoms with Crippen molar-refractivity contribution in [1.29, 1.82) is 5.26 Å². The molecule has 7 heteroatoms. The molecule has 0 unspecified atom stereocenters. The van der Waals surface area contributed by atoms with Crippen LogP contribution in [0.25, 0.3) is 44.2 Å². The Balaban J connectivity index is 1.61. The third-order valence-corrected chi connectivity index (χ3v) is 6.24. The minimum atomic E-state index is -0.553. The van der Waals surface area contributed by atoms with E-state index in [1.54, 1.807) is 12.3 Å². The van der Waals surface area contributed by atoms with Crippen molar-refractivity contribution in [2.75, 3.05) is 5.32 Å². The van der Waals surface area contributed by atoms with E-state index in [0.29, 0.717) is 5.82 Å². The molecule has 0 aliphatic carbocycles. The van der Waals surface area contributed by atoms with Crippen molar-refractivity contribution >= 4 is 33.5 Å². The highest BCUT2D eigenvalue weighted by Gasteiger charge is 2.20. The maximum Gasteiger partial charge on any atom is 0.222 e. The molecule has 7 nitrogen and oxygen atoms in total. The van der Waals surface area contributed by atoms with Crippen molar-refractivity contribution < 1.29 is 4.79 Å². The Bertz CT molecular complexity index is 1620. The Morgan fingerprint density at radius 1 is 0.971 bits per heavy atom. The summed E-state index contributed by atoms with van der Waals surface area (Å²) in [4.78, 5) is 20.6. The Labute approximate surface area is 203 Å². The number of nitrogens with zero attached hydrogens (tertiary/aromatic N) is 5. The van der Waals surface area contributed by atoms with Crippen LogP contribution in [-0.4, -0.2) is 25.7 Å². The van der Waals surface area contributed by atoms with E-state index in [0.717, 1.165) is 49.8 Å². The zero-order valence-corrected chi connectivity index (χ0v) is 20.0. The van der Waals surface area contributed by atoms with Crippen LogP contribution >= 0.6 is 0 Å². The lowest BCUT2D eigenvalue weighted by molar-refractivity contribution is -0.114. The summed E-state index contributed by atoms with van der Waals surface area (Å²) in [6.45, 7) is 5.28. The van der Waals surface area contributed by atoms with Gasteiger partial charge in [0.2, 0.25) is 5.91 Å². The molecular weight excluding hydrogens is 436 g/mol. The van der Waals surface area contributed by atoms with Gasteiger partial charge >= 0.3 is 0 Å². The van der Waals surface area contributed by atoms with Gasteiger partial charge in [0, 0.05) is 42.1 Å².